The number of benzene rings is 3. The Morgan fingerprint density at radius 1 is 0.800 bits per heavy atom. The standard InChI is InChI=1S/C22H16O2Se/c1-15-11-13-17(14-12-15)25-21-20(16-7-3-2-4-8-16)18-9-5-6-10-19(18)24-22(21)23/h2-14H,1H3. The Hall–Kier alpha value is -2.61. The third-order valence-electron chi connectivity index (χ3n) is 4.07. The van der Waals surface area contributed by atoms with Crippen LogP contribution < -0.4 is 14.5 Å². The van der Waals surface area contributed by atoms with Gasteiger partial charge in [0.15, 0.2) is 0 Å². The molecule has 0 atom stereocenters. The minimum absolute atomic E-state index is 0.122. The van der Waals surface area contributed by atoms with Gasteiger partial charge in [-0.1, -0.05) is 0 Å². The van der Waals surface area contributed by atoms with Crippen molar-refractivity contribution in [3.8, 4) is 11.1 Å². The van der Waals surface area contributed by atoms with E-state index in [1.165, 1.54) is 5.56 Å². The molecule has 1 aromatic heterocycles. The van der Waals surface area contributed by atoms with Crippen LogP contribution in [0.5, 0.6) is 0 Å². The summed E-state index contributed by atoms with van der Waals surface area (Å²) in [4.78, 5) is 12.7. The van der Waals surface area contributed by atoms with Crippen LogP contribution in [0.2, 0.25) is 0 Å². The van der Waals surface area contributed by atoms with Crippen LogP contribution in [0.25, 0.3) is 22.1 Å². The Bertz CT molecular complexity index is 1080. The summed E-state index contributed by atoms with van der Waals surface area (Å²) < 4.78 is 7.54. The molecular formula is C22H16O2Se. The molecular weight excluding hydrogens is 375 g/mol. The van der Waals surface area contributed by atoms with Crippen molar-refractivity contribution in [2.75, 3.05) is 0 Å². The van der Waals surface area contributed by atoms with Crippen LogP contribution in [0.15, 0.2) is 88.1 Å². The molecule has 0 fully saturated rings. The second kappa shape index (κ2) is 6.72. The predicted molar refractivity (Wildman–Crippen MR) is 104 cm³/mol. The van der Waals surface area contributed by atoms with Gasteiger partial charge in [-0.3, -0.25) is 0 Å². The number of fused-ring (bicyclic) bond motifs is 1. The van der Waals surface area contributed by atoms with Gasteiger partial charge in [-0.15, -0.1) is 0 Å². The molecule has 0 N–H and O–H groups in total. The van der Waals surface area contributed by atoms with Crippen LogP contribution in [0.3, 0.4) is 0 Å². The average Bonchev–Trinajstić information content (AvgIpc) is 2.65. The monoisotopic (exact) mass is 392 g/mol. The summed E-state index contributed by atoms with van der Waals surface area (Å²) in [5.74, 6) is 0. The fourth-order valence-electron chi connectivity index (χ4n) is 2.84. The van der Waals surface area contributed by atoms with Crippen LogP contribution in [0, 0.1) is 6.92 Å². The molecule has 0 aliphatic carbocycles. The number of para-hydroxylation sites is 1. The van der Waals surface area contributed by atoms with Gasteiger partial charge < -0.3 is 0 Å². The second-order valence-corrected chi connectivity index (χ2v) is 8.14. The molecule has 0 saturated carbocycles. The van der Waals surface area contributed by atoms with Crippen LogP contribution in [-0.4, -0.2) is 15.0 Å². The third kappa shape index (κ3) is 3.17. The molecule has 0 unspecified atom stereocenters. The molecule has 0 saturated heterocycles. The first kappa shape index (κ1) is 15.9. The Morgan fingerprint density at radius 2 is 1.48 bits per heavy atom. The van der Waals surface area contributed by atoms with Crippen LogP contribution >= 0.6 is 0 Å². The Balaban J connectivity index is 1.98. The zero-order valence-electron chi connectivity index (χ0n) is 13.7. The van der Waals surface area contributed by atoms with Crippen molar-refractivity contribution >= 4 is 34.8 Å². The van der Waals surface area contributed by atoms with E-state index in [9.17, 15) is 4.79 Å². The van der Waals surface area contributed by atoms with Crippen LogP contribution in [-0.2, 0) is 0 Å². The van der Waals surface area contributed by atoms with Crippen molar-refractivity contribution in [1.82, 2.24) is 0 Å². The molecule has 3 aromatic carbocycles. The summed E-state index contributed by atoms with van der Waals surface area (Å²) in [5.41, 5.74) is 3.66. The zero-order chi connectivity index (χ0) is 17.2. The minimum atomic E-state index is -0.238. The first-order valence-electron chi connectivity index (χ1n) is 8.08. The van der Waals surface area contributed by atoms with Gasteiger partial charge in [-0.2, -0.15) is 0 Å². The van der Waals surface area contributed by atoms with E-state index in [-0.39, 0.29) is 20.6 Å². The van der Waals surface area contributed by atoms with Gasteiger partial charge in [-0.05, 0) is 0 Å². The number of rotatable bonds is 3. The van der Waals surface area contributed by atoms with E-state index < -0.39 is 0 Å². The van der Waals surface area contributed by atoms with Crippen molar-refractivity contribution < 1.29 is 4.42 Å². The van der Waals surface area contributed by atoms with Crippen molar-refractivity contribution in [3.63, 3.8) is 0 Å². The van der Waals surface area contributed by atoms with Gasteiger partial charge in [0.05, 0.1) is 0 Å². The summed E-state index contributed by atoms with van der Waals surface area (Å²) in [6.45, 7) is 2.07. The summed E-state index contributed by atoms with van der Waals surface area (Å²) in [5, 5.41) is 0.984. The number of hydrogen-bond acceptors (Lipinski definition) is 2. The summed E-state index contributed by atoms with van der Waals surface area (Å²) in [6, 6.07) is 26.2. The van der Waals surface area contributed by atoms with Crippen molar-refractivity contribution in [3.05, 3.63) is 94.8 Å². The molecule has 0 spiro atoms. The molecule has 2 nitrogen and oxygen atoms in total. The van der Waals surface area contributed by atoms with Crippen molar-refractivity contribution in [2.45, 2.75) is 6.92 Å². The summed E-state index contributed by atoms with van der Waals surface area (Å²) in [6.07, 6.45) is 0. The van der Waals surface area contributed by atoms with Gasteiger partial charge >= 0.3 is 152 Å². The molecule has 25 heavy (non-hydrogen) atoms. The maximum absolute atomic E-state index is 12.7. The Kier molecular flexibility index (Phi) is 4.27. The molecule has 0 bridgehead atoms. The first-order chi connectivity index (χ1) is 12.2. The van der Waals surface area contributed by atoms with E-state index in [1.54, 1.807) is 0 Å². The molecule has 0 radical (unpaired) electrons. The van der Waals surface area contributed by atoms with E-state index in [0.717, 1.165) is 25.4 Å². The number of hydrogen-bond donors (Lipinski definition) is 0. The Labute approximate surface area is 152 Å². The average molecular weight is 391 g/mol. The molecule has 3 heteroatoms. The predicted octanol–water partition coefficient (Wildman–Crippen LogP) is 3.42. The van der Waals surface area contributed by atoms with E-state index in [4.69, 9.17) is 4.42 Å². The molecule has 1 heterocycles. The third-order valence-corrected chi connectivity index (χ3v) is 6.35. The van der Waals surface area contributed by atoms with E-state index in [2.05, 4.69) is 43.3 Å². The zero-order valence-corrected chi connectivity index (χ0v) is 15.4. The molecule has 122 valence electrons. The Morgan fingerprint density at radius 3 is 2.24 bits per heavy atom. The molecule has 0 aliphatic rings. The second-order valence-electron chi connectivity index (χ2n) is 5.87. The first-order valence-corrected chi connectivity index (χ1v) is 9.79. The quantitative estimate of drug-likeness (QED) is 0.396. The maximum atomic E-state index is 12.7. The summed E-state index contributed by atoms with van der Waals surface area (Å²) in [7, 11) is 0. The molecule has 0 amide bonds. The van der Waals surface area contributed by atoms with Gasteiger partial charge in [0.2, 0.25) is 0 Å². The van der Waals surface area contributed by atoms with Gasteiger partial charge in [0.1, 0.15) is 0 Å². The topological polar surface area (TPSA) is 30.2 Å². The molecule has 4 rings (SSSR count). The summed E-state index contributed by atoms with van der Waals surface area (Å²) >= 11 is -0.122. The van der Waals surface area contributed by atoms with E-state index in [0.29, 0.717) is 5.58 Å². The van der Waals surface area contributed by atoms with Crippen LogP contribution in [0.1, 0.15) is 5.56 Å². The normalized spacial score (nSPS) is 10.9. The van der Waals surface area contributed by atoms with E-state index >= 15 is 0 Å². The SMILES string of the molecule is Cc1ccc([Se]c2c(-c3ccccc3)c3ccccc3oc2=O)cc1. The van der Waals surface area contributed by atoms with Crippen molar-refractivity contribution in [2.24, 2.45) is 0 Å². The van der Waals surface area contributed by atoms with E-state index in [1.807, 2.05) is 42.5 Å². The van der Waals surface area contributed by atoms with Gasteiger partial charge in [-0.25, -0.2) is 0 Å². The van der Waals surface area contributed by atoms with Crippen LogP contribution in [0.4, 0.5) is 0 Å². The van der Waals surface area contributed by atoms with Gasteiger partial charge in [0, 0.05) is 0 Å². The fraction of sp³-hybridized carbons (Fsp3) is 0.0455. The molecule has 0 aliphatic heterocycles. The van der Waals surface area contributed by atoms with Crippen molar-refractivity contribution in [1.29, 1.82) is 0 Å². The fourth-order valence-corrected chi connectivity index (χ4v) is 4.86. The molecule has 4 aromatic rings. The van der Waals surface area contributed by atoms with Gasteiger partial charge in [0.25, 0.3) is 0 Å². The number of aryl methyl sites for hydroxylation is 1.